The zero-order chi connectivity index (χ0) is 14.6. The van der Waals surface area contributed by atoms with Crippen LogP contribution in [0.2, 0.25) is 0 Å². The van der Waals surface area contributed by atoms with Gasteiger partial charge in [0.15, 0.2) is 0 Å². The lowest BCUT2D eigenvalue weighted by molar-refractivity contribution is -0.137. The van der Waals surface area contributed by atoms with E-state index >= 15 is 0 Å². The Morgan fingerprint density at radius 3 is 2.62 bits per heavy atom. The highest BCUT2D eigenvalue weighted by Crippen LogP contribution is 2.66. The lowest BCUT2D eigenvalue weighted by atomic mass is 9.59. The van der Waals surface area contributed by atoms with Crippen molar-refractivity contribution in [2.45, 2.75) is 19.3 Å². The maximum Gasteiger partial charge on any atom is 0.334 e. The molecule has 3 aliphatic carbocycles. The fourth-order valence-corrected chi connectivity index (χ4v) is 4.88. The second-order valence-corrected chi connectivity index (χ2v) is 6.44. The zero-order valence-corrected chi connectivity index (χ0v) is 12.5. The first kappa shape index (κ1) is 12.9. The summed E-state index contributed by atoms with van der Waals surface area (Å²) < 4.78 is 10.4. The van der Waals surface area contributed by atoms with E-state index in [1.807, 2.05) is 18.2 Å². The van der Waals surface area contributed by atoms with Crippen LogP contribution in [0.5, 0.6) is 5.75 Å². The number of fused-ring (bicyclic) bond motifs is 5. The third-order valence-electron chi connectivity index (χ3n) is 5.66. The van der Waals surface area contributed by atoms with Gasteiger partial charge in [-0.2, -0.15) is 0 Å². The molecule has 4 rings (SSSR count). The van der Waals surface area contributed by atoms with Crippen LogP contribution in [-0.2, 0) is 9.53 Å². The molecule has 1 aromatic carbocycles. The highest BCUT2D eigenvalue weighted by Gasteiger charge is 2.58. The molecule has 0 radical (unpaired) electrons. The molecule has 0 aromatic heterocycles. The van der Waals surface area contributed by atoms with Crippen LogP contribution in [0.3, 0.4) is 0 Å². The average Bonchev–Trinajstić information content (AvgIpc) is 3.05. The predicted octanol–water partition coefficient (Wildman–Crippen LogP) is 3.30. The summed E-state index contributed by atoms with van der Waals surface area (Å²) in [5.41, 5.74) is 3.28. The van der Waals surface area contributed by atoms with Crippen molar-refractivity contribution < 1.29 is 14.3 Å². The second kappa shape index (κ2) is 4.62. The van der Waals surface area contributed by atoms with E-state index in [1.165, 1.54) is 31.9 Å². The van der Waals surface area contributed by atoms with Crippen molar-refractivity contribution in [3.63, 3.8) is 0 Å². The zero-order valence-electron chi connectivity index (χ0n) is 12.5. The standard InChI is InChI=1S/C18H20O3/c1-20-13-5-3-4-10(9-13)15-14-11-6-7-12(8-11)16(14)17(15)18(19)21-2/h3-5,9,11-12,14,16H,6-8H2,1-2H3/t11-,12+,14-,16-/m0/s1. The van der Waals surface area contributed by atoms with Gasteiger partial charge in [-0.05, 0) is 60.3 Å². The summed E-state index contributed by atoms with van der Waals surface area (Å²) >= 11 is 0. The van der Waals surface area contributed by atoms with Crippen molar-refractivity contribution in [2.75, 3.05) is 14.2 Å². The van der Waals surface area contributed by atoms with Gasteiger partial charge < -0.3 is 9.47 Å². The average molecular weight is 284 g/mol. The van der Waals surface area contributed by atoms with Gasteiger partial charge in [-0.1, -0.05) is 12.1 Å². The molecule has 0 heterocycles. The smallest absolute Gasteiger partial charge is 0.334 e. The van der Waals surface area contributed by atoms with E-state index in [4.69, 9.17) is 9.47 Å². The molecule has 0 saturated heterocycles. The summed E-state index contributed by atoms with van der Waals surface area (Å²) in [5, 5.41) is 0. The van der Waals surface area contributed by atoms with E-state index in [1.54, 1.807) is 7.11 Å². The van der Waals surface area contributed by atoms with Gasteiger partial charge in [0.05, 0.1) is 14.2 Å². The molecule has 3 nitrogen and oxygen atoms in total. The summed E-state index contributed by atoms with van der Waals surface area (Å²) in [6, 6.07) is 8.07. The first-order chi connectivity index (χ1) is 10.2. The normalized spacial score (nSPS) is 32.7. The number of esters is 1. The minimum absolute atomic E-state index is 0.137. The maximum absolute atomic E-state index is 12.2. The Labute approximate surface area is 124 Å². The first-order valence-electron chi connectivity index (χ1n) is 7.71. The number of hydrogen-bond acceptors (Lipinski definition) is 3. The van der Waals surface area contributed by atoms with Crippen molar-refractivity contribution in [3.8, 4) is 5.75 Å². The minimum Gasteiger partial charge on any atom is -0.497 e. The van der Waals surface area contributed by atoms with Crippen LogP contribution >= 0.6 is 0 Å². The fourth-order valence-electron chi connectivity index (χ4n) is 4.88. The number of methoxy groups -OCH3 is 2. The van der Waals surface area contributed by atoms with E-state index in [-0.39, 0.29) is 5.97 Å². The Kier molecular flexibility index (Phi) is 2.84. The molecule has 3 heteroatoms. The van der Waals surface area contributed by atoms with E-state index < -0.39 is 0 Å². The van der Waals surface area contributed by atoms with Crippen molar-refractivity contribution in [3.05, 3.63) is 35.4 Å². The Hall–Kier alpha value is -1.77. The van der Waals surface area contributed by atoms with Crippen LogP contribution in [0, 0.1) is 23.7 Å². The van der Waals surface area contributed by atoms with Crippen LogP contribution in [0.1, 0.15) is 24.8 Å². The van der Waals surface area contributed by atoms with Crippen LogP contribution < -0.4 is 4.74 Å². The van der Waals surface area contributed by atoms with Crippen LogP contribution in [0.15, 0.2) is 29.8 Å². The van der Waals surface area contributed by atoms with Crippen LogP contribution in [-0.4, -0.2) is 20.2 Å². The summed E-state index contributed by atoms with van der Waals surface area (Å²) in [6.07, 6.45) is 3.87. The van der Waals surface area contributed by atoms with Crippen LogP contribution in [0.4, 0.5) is 0 Å². The number of carbonyl (C=O) groups is 1. The van der Waals surface area contributed by atoms with Gasteiger partial charge in [0.25, 0.3) is 0 Å². The van der Waals surface area contributed by atoms with Gasteiger partial charge in [0, 0.05) is 11.5 Å². The Morgan fingerprint density at radius 1 is 1.14 bits per heavy atom. The third-order valence-corrected chi connectivity index (χ3v) is 5.66. The molecule has 3 aliphatic rings. The van der Waals surface area contributed by atoms with Gasteiger partial charge in [-0.25, -0.2) is 4.79 Å². The highest BCUT2D eigenvalue weighted by molar-refractivity contribution is 6.03. The Morgan fingerprint density at radius 2 is 1.90 bits per heavy atom. The molecular weight excluding hydrogens is 264 g/mol. The van der Waals surface area contributed by atoms with E-state index in [0.29, 0.717) is 17.8 Å². The summed E-state index contributed by atoms with van der Waals surface area (Å²) in [5.74, 6) is 3.16. The molecule has 0 unspecified atom stereocenters. The van der Waals surface area contributed by atoms with Crippen molar-refractivity contribution >= 4 is 11.5 Å². The molecule has 1 aromatic rings. The third kappa shape index (κ3) is 1.69. The Balaban J connectivity index is 1.81. The molecular formula is C18H20O3. The molecule has 4 atom stereocenters. The second-order valence-electron chi connectivity index (χ2n) is 6.44. The monoisotopic (exact) mass is 284 g/mol. The van der Waals surface area contributed by atoms with Crippen molar-refractivity contribution in [2.24, 2.45) is 23.7 Å². The summed E-state index contributed by atoms with van der Waals surface area (Å²) in [4.78, 5) is 12.2. The predicted molar refractivity (Wildman–Crippen MR) is 79.7 cm³/mol. The van der Waals surface area contributed by atoms with Crippen LogP contribution in [0.25, 0.3) is 5.57 Å². The highest BCUT2D eigenvalue weighted by atomic mass is 16.5. The first-order valence-corrected chi connectivity index (χ1v) is 7.71. The van der Waals surface area contributed by atoms with Gasteiger partial charge in [-0.15, -0.1) is 0 Å². The largest absolute Gasteiger partial charge is 0.497 e. The number of benzene rings is 1. The summed E-state index contributed by atoms with van der Waals surface area (Å²) in [6.45, 7) is 0. The Bertz CT molecular complexity index is 631. The number of ether oxygens (including phenoxy) is 2. The number of allylic oxidation sites excluding steroid dienone is 1. The number of rotatable bonds is 3. The topological polar surface area (TPSA) is 35.5 Å². The lowest BCUT2D eigenvalue weighted by Gasteiger charge is -2.44. The van der Waals surface area contributed by atoms with Gasteiger partial charge in [0.1, 0.15) is 5.75 Å². The van der Waals surface area contributed by atoms with Crippen molar-refractivity contribution in [1.82, 2.24) is 0 Å². The number of carbonyl (C=O) groups excluding carboxylic acids is 1. The fraction of sp³-hybridized carbons (Fsp3) is 0.500. The minimum atomic E-state index is -0.137. The molecule has 110 valence electrons. The van der Waals surface area contributed by atoms with Gasteiger partial charge in [-0.3, -0.25) is 0 Å². The van der Waals surface area contributed by atoms with Crippen molar-refractivity contribution in [1.29, 1.82) is 0 Å². The molecule has 0 amide bonds. The number of hydrogen-bond donors (Lipinski definition) is 0. The lowest BCUT2D eigenvalue weighted by Crippen LogP contribution is -2.38. The van der Waals surface area contributed by atoms with E-state index in [2.05, 4.69) is 6.07 Å². The molecule has 2 bridgehead atoms. The molecule has 0 N–H and O–H groups in total. The molecule has 21 heavy (non-hydrogen) atoms. The van der Waals surface area contributed by atoms with E-state index in [0.717, 1.165) is 22.8 Å². The maximum atomic E-state index is 12.2. The van der Waals surface area contributed by atoms with Gasteiger partial charge >= 0.3 is 5.97 Å². The molecule has 0 aliphatic heterocycles. The molecule has 2 saturated carbocycles. The van der Waals surface area contributed by atoms with Gasteiger partial charge in [0.2, 0.25) is 0 Å². The summed E-state index contributed by atoms with van der Waals surface area (Å²) in [7, 11) is 3.16. The SMILES string of the molecule is COC(=O)C1=C(c2cccc(OC)c2)[C@@H]2[C@H]3CC[C@H](C3)[C@H]12. The van der Waals surface area contributed by atoms with E-state index in [9.17, 15) is 4.79 Å². The quantitative estimate of drug-likeness (QED) is 0.799. The molecule has 2 fully saturated rings. The molecule has 0 spiro atoms.